The number of methoxy groups -OCH3 is 1. The predicted octanol–water partition coefficient (Wildman–Crippen LogP) is 6.99. The van der Waals surface area contributed by atoms with E-state index in [9.17, 15) is 14.7 Å². The van der Waals surface area contributed by atoms with Gasteiger partial charge in [0, 0.05) is 17.1 Å². The molecule has 5 rings (SSSR count). The van der Waals surface area contributed by atoms with Gasteiger partial charge in [0.15, 0.2) is 0 Å². The van der Waals surface area contributed by atoms with Crippen LogP contribution in [0.25, 0.3) is 5.76 Å². The van der Waals surface area contributed by atoms with Crippen molar-refractivity contribution in [2.75, 3.05) is 17.3 Å². The van der Waals surface area contributed by atoms with Crippen molar-refractivity contribution in [1.29, 1.82) is 0 Å². The number of nitrogens with zero attached hydrogens (tertiary/aromatic N) is 1. The van der Waals surface area contributed by atoms with Crippen molar-refractivity contribution in [3.8, 4) is 5.75 Å². The molecule has 1 fully saturated rings. The molecule has 0 aliphatic carbocycles. The van der Waals surface area contributed by atoms with Crippen molar-refractivity contribution in [2.45, 2.75) is 26.8 Å². The Balaban J connectivity index is 1.64. The summed E-state index contributed by atoms with van der Waals surface area (Å²) in [6.07, 6.45) is 0. The van der Waals surface area contributed by atoms with Gasteiger partial charge in [-0.15, -0.1) is 0 Å². The summed E-state index contributed by atoms with van der Waals surface area (Å²) in [5.74, 6) is -1.24. The first-order valence-corrected chi connectivity index (χ1v) is 12.7. The molecule has 0 radical (unpaired) electrons. The molecule has 1 atom stereocenters. The Kier molecular flexibility index (Phi) is 6.94. The second-order valence-electron chi connectivity index (χ2n) is 9.78. The zero-order valence-electron chi connectivity index (χ0n) is 22.4. The van der Waals surface area contributed by atoms with Crippen LogP contribution in [0.15, 0.2) is 96.6 Å². The smallest absolute Gasteiger partial charge is 0.300 e. The van der Waals surface area contributed by atoms with E-state index in [0.29, 0.717) is 17.0 Å². The Bertz CT molecular complexity index is 1590. The molecule has 1 heterocycles. The first kappa shape index (κ1) is 25.8. The lowest BCUT2D eigenvalue weighted by Crippen LogP contribution is -2.29. The average Bonchev–Trinajstić information content (AvgIpc) is 3.19. The Morgan fingerprint density at radius 3 is 2.18 bits per heavy atom. The van der Waals surface area contributed by atoms with Gasteiger partial charge in [-0.2, -0.15) is 0 Å². The van der Waals surface area contributed by atoms with Crippen molar-refractivity contribution in [1.82, 2.24) is 0 Å². The quantitative estimate of drug-likeness (QED) is 0.163. The molecule has 1 saturated heterocycles. The lowest BCUT2D eigenvalue weighted by Gasteiger charge is -2.26. The van der Waals surface area contributed by atoms with Crippen LogP contribution in [0.2, 0.25) is 0 Å². The summed E-state index contributed by atoms with van der Waals surface area (Å²) in [6, 6.07) is 27.6. The van der Waals surface area contributed by atoms with Crippen LogP contribution in [0.3, 0.4) is 0 Å². The molecule has 1 aliphatic rings. The van der Waals surface area contributed by atoms with E-state index in [4.69, 9.17) is 4.74 Å². The maximum Gasteiger partial charge on any atom is 0.300 e. The molecule has 4 aromatic rings. The second kappa shape index (κ2) is 10.5. The monoisotopic (exact) mass is 518 g/mol. The number of para-hydroxylation sites is 1. The van der Waals surface area contributed by atoms with Crippen LogP contribution in [0, 0.1) is 20.8 Å². The largest absolute Gasteiger partial charge is 0.507 e. The van der Waals surface area contributed by atoms with Crippen LogP contribution >= 0.6 is 0 Å². The van der Waals surface area contributed by atoms with E-state index in [1.165, 1.54) is 12.0 Å². The van der Waals surface area contributed by atoms with Gasteiger partial charge in [0.05, 0.1) is 24.3 Å². The topological polar surface area (TPSA) is 78.9 Å². The van der Waals surface area contributed by atoms with Crippen molar-refractivity contribution < 1.29 is 19.4 Å². The number of benzene rings is 4. The number of hydrogen-bond acceptors (Lipinski definition) is 5. The molecule has 39 heavy (non-hydrogen) atoms. The first-order valence-electron chi connectivity index (χ1n) is 12.7. The summed E-state index contributed by atoms with van der Waals surface area (Å²) in [4.78, 5) is 28.6. The van der Waals surface area contributed by atoms with E-state index < -0.39 is 17.7 Å². The lowest BCUT2D eigenvalue weighted by molar-refractivity contribution is -0.132. The number of hydrogen-bond donors (Lipinski definition) is 2. The third-order valence-electron chi connectivity index (χ3n) is 6.89. The molecular formula is C33H30N2O4. The van der Waals surface area contributed by atoms with Gasteiger partial charge >= 0.3 is 0 Å². The SMILES string of the molecule is COc1c(C)cc(C)cc1/C(O)=C1\C(=O)C(=O)N(c2ccc(Nc3ccccc3)cc2)C1c1cccc(C)c1. The number of Topliss-reactive ketones (excluding diaryl/α,β-unsaturated/α-hetero) is 1. The molecule has 2 N–H and O–H groups in total. The number of aliphatic hydroxyl groups excluding tert-OH is 1. The van der Waals surface area contributed by atoms with Gasteiger partial charge in [-0.1, -0.05) is 54.1 Å². The third kappa shape index (κ3) is 4.89. The molecule has 0 spiro atoms. The van der Waals surface area contributed by atoms with Gasteiger partial charge < -0.3 is 15.2 Å². The van der Waals surface area contributed by atoms with Crippen molar-refractivity contribution in [3.63, 3.8) is 0 Å². The minimum Gasteiger partial charge on any atom is -0.507 e. The number of carbonyl (C=O) groups excluding carboxylic acids is 2. The minimum atomic E-state index is -0.816. The first-order chi connectivity index (χ1) is 18.8. The van der Waals surface area contributed by atoms with E-state index in [1.807, 2.05) is 93.6 Å². The third-order valence-corrected chi connectivity index (χ3v) is 6.89. The van der Waals surface area contributed by atoms with Crippen LogP contribution in [0.1, 0.15) is 33.9 Å². The number of ether oxygens (including phenoxy) is 1. The fourth-order valence-corrected chi connectivity index (χ4v) is 5.19. The maximum absolute atomic E-state index is 13.6. The number of aryl methyl sites for hydroxylation is 3. The highest BCUT2D eigenvalue weighted by molar-refractivity contribution is 6.51. The molecule has 6 heteroatoms. The molecule has 6 nitrogen and oxygen atoms in total. The van der Waals surface area contributed by atoms with Crippen molar-refractivity contribution in [2.24, 2.45) is 0 Å². The van der Waals surface area contributed by atoms with Crippen LogP contribution in [0.4, 0.5) is 17.1 Å². The second-order valence-corrected chi connectivity index (χ2v) is 9.78. The minimum absolute atomic E-state index is 0.0281. The Morgan fingerprint density at radius 1 is 0.821 bits per heavy atom. The van der Waals surface area contributed by atoms with E-state index >= 15 is 0 Å². The molecule has 0 saturated carbocycles. The number of rotatable bonds is 6. The van der Waals surface area contributed by atoms with Gasteiger partial charge in [-0.05, 0) is 79.9 Å². The highest BCUT2D eigenvalue weighted by atomic mass is 16.5. The van der Waals surface area contributed by atoms with Crippen LogP contribution < -0.4 is 15.0 Å². The fourth-order valence-electron chi connectivity index (χ4n) is 5.19. The van der Waals surface area contributed by atoms with E-state index in [0.717, 1.165) is 33.6 Å². The number of nitrogens with one attached hydrogen (secondary N) is 1. The summed E-state index contributed by atoms with van der Waals surface area (Å²) in [5, 5.41) is 15.0. The highest BCUT2D eigenvalue weighted by Gasteiger charge is 2.47. The predicted molar refractivity (Wildman–Crippen MR) is 155 cm³/mol. The number of anilines is 3. The molecular weight excluding hydrogens is 488 g/mol. The zero-order valence-corrected chi connectivity index (χ0v) is 22.4. The normalized spacial score (nSPS) is 16.4. The number of carbonyl (C=O) groups is 2. The van der Waals surface area contributed by atoms with Crippen LogP contribution in [0.5, 0.6) is 5.75 Å². The summed E-state index contributed by atoms with van der Waals surface area (Å²) in [7, 11) is 1.52. The molecule has 1 amide bonds. The van der Waals surface area contributed by atoms with E-state index in [-0.39, 0.29) is 11.3 Å². The summed E-state index contributed by atoms with van der Waals surface area (Å²) in [5.41, 5.74) is 6.17. The van der Waals surface area contributed by atoms with Gasteiger partial charge in [0.25, 0.3) is 11.7 Å². The molecule has 196 valence electrons. The molecule has 1 aliphatic heterocycles. The Morgan fingerprint density at radius 2 is 1.51 bits per heavy atom. The van der Waals surface area contributed by atoms with Gasteiger partial charge in [0.2, 0.25) is 0 Å². The van der Waals surface area contributed by atoms with Crippen LogP contribution in [-0.4, -0.2) is 23.9 Å². The summed E-state index contributed by atoms with van der Waals surface area (Å²) in [6.45, 7) is 5.74. The van der Waals surface area contributed by atoms with Crippen LogP contribution in [-0.2, 0) is 9.59 Å². The number of ketones is 1. The number of amides is 1. The molecule has 0 aromatic heterocycles. The summed E-state index contributed by atoms with van der Waals surface area (Å²) >= 11 is 0. The highest BCUT2D eigenvalue weighted by Crippen LogP contribution is 2.44. The average molecular weight is 519 g/mol. The van der Waals surface area contributed by atoms with E-state index in [2.05, 4.69) is 5.32 Å². The van der Waals surface area contributed by atoms with Gasteiger partial charge in [-0.3, -0.25) is 14.5 Å². The Hall–Kier alpha value is -4.84. The van der Waals surface area contributed by atoms with E-state index in [1.54, 1.807) is 18.2 Å². The molecule has 0 bridgehead atoms. The maximum atomic E-state index is 13.6. The number of aliphatic hydroxyl groups is 1. The van der Waals surface area contributed by atoms with Gasteiger partial charge in [-0.25, -0.2) is 0 Å². The standard InChI is InChI=1S/C33H30N2O4/c1-20-9-8-10-23(18-20)29-28(30(36)27-19-21(2)17-22(3)32(27)39-4)31(37)33(38)35(29)26-15-13-25(14-16-26)34-24-11-6-5-7-12-24/h5-19,29,34,36H,1-4H3/b30-28+. The zero-order chi connectivity index (χ0) is 27.7. The van der Waals surface area contributed by atoms with Gasteiger partial charge in [0.1, 0.15) is 11.5 Å². The fraction of sp³-hybridized carbons (Fsp3) is 0.152. The lowest BCUT2D eigenvalue weighted by atomic mass is 9.93. The van der Waals surface area contributed by atoms with Crippen molar-refractivity contribution >= 4 is 34.5 Å². The van der Waals surface area contributed by atoms with Crippen molar-refractivity contribution in [3.05, 3.63) is 124 Å². The molecule has 4 aromatic carbocycles. The summed E-state index contributed by atoms with van der Waals surface area (Å²) < 4.78 is 5.60. The molecule has 1 unspecified atom stereocenters. The Labute approximate surface area is 228 Å².